The first-order valence-electron chi connectivity index (χ1n) is 4.39. The molecule has 4 N–H and O–H groups in total. The van der Waals surface area contributed by atoms with Gasteiger partial charge in [0.05, 0.1) is 0 Å². The van der Waals surface area contributed by atoms with Gasteiger partial charge in [0.25, 0.3) is 0 Å². The average molecular weight is 160 g/mol. The number of nitrogens with two attached hydrogens (primary N) is 1. The van der Waals surface area contributed by atoms with Gasteiger partial charge in [0.1, 0.15) is 6.23 Å². The molecule has 0 aliphatic heterocycles. The molecule has 0 aromatic rings. The Kier molecular flexibility index (Phi) is 7.89. The van der Waals surface area contributed by atoms with Gasteiger partial charge in [-0.25, -0.2) is 0 Å². The van der Waals surface area contributed by atoms with Crippen molar-refractivity contribution in [2.45, 2.75) is 38.8 Å². The number of rotatable bonds is 7. The van der Waals surface area contributed by atoms with Crippen LogP contribution >= 0.6 is 0 Å². The van der Waals surface area contributed by atoms with Gasteiger partial charge in [-0.2, -0.15) is 0 Å². The van der Waals surface area contributed by atoms with Crippen molar-refractivity contribution in [3.63, 3.8) is 0 Å². The van der Waals surface area contributed by atoms with Gasteiger partial charge in [0, 0.05) is 0 Å². The molecule has 0 aliphatic rings. The Balaban J connectivity index is 2.80. The molecular formula is C8H20N2O. The van der Waals surface area contributed by atoms with Crippen LogP contribution in [0.4, 0.5) is 0 Å². The van der Waals surface area contributed by atoms with Crippen LogP contribution in [0.1, 0.15) is 32.6 Å². The highest BCUT2D eigenvalue weighted by Gasteiger charge is 1.92. The molecule has 0 fully saturated rings. The molecule has 0 aliphatic carbocycles. The second-order valence-corrected chi connectivity index (χ2v) is 2.83. The van der Waals surface area contributed by atoms with Crippen LogP contribution in [-0.4, -0.2) is 24.4 Å². The average Bonchev–Trinajstić information content (AvgIpc) is 1.96. The van der Waals surface area contributed by atoms with Gasteiger partial charge < -0.3 is 10.8 Å². The van der Waals surface area contributed by atoms with E-state index in [0.717, 1.165) is 25.9 Å². The van der Waals surface area contributed by atoms with E-state index in [2.05, 4.69) is 5.32 Å². The van der Waals surface area contributed by atoms with Crippen LogP contribution in [0, 0.1) is 0 Å². The van der Waals surface area contributed by atoms with Crippen LogP contribution in [0.15, 0.2) is 0 Å². The fraction of sp³-hybridized carbons (Fsp3) is 1.00. The molecule has 0 bridgehead atoms. The molecular weight excluding hydrogens is 140 g/mol. The number of unbranched alkanes of at least 4 members (excludes halogenated alkanes) is 3. The third-order valence-electron chi connectivity index (χ3n) is 1.57. The molecule has 3 nitrogen and oxygen atoms in total. The zero-order chi connectivity index (χ0) is 8.53. The summed E-state index contributed by atoms with van der Waals surface area (Å²) in [6, 6.07) is 0. The SMILES string of the molecule is CC(O)NCCCCCCN. The minimum Gasteiger partial charge on any atom is -0.379 e. The molecule has 0 spiro atoms. The van der Waals surface area contributed by atoms with Crippen molar-refractivity contribution in [1.82, 2.24) is 5.32 Å². The third kappa shape index (κ3) is 9.88. The lowest BCUT2D eigenvalue weighted by atomic mass is 10.2. The lowest BCUT2D eigenvalue weighted by Gasteiger charge is -2.05. The smallest absolute Gasteiger partial charge is 0.102 e. The third-order valence-corrected chi connectivity index (χ3v) is 1.57. The summed E-state index contributed by atoms with van der Waals surface area (Å²) in [6.07, 6.45) is 4.29. The fourth-order valence-corrected chi connectivity index (χ4v) is 0.934. The van der Waals surface area contributed by atoms with Gasteiger partial charge in [-0.3, -0.25) is 5.32 Å². The van der Waals surface area contributed by atoms with Gasteiger partial charge in [-0.1, -0.05) is 12.8 Å². The van der Waals surface area contributed by atoms with Crippen molar-refractivity contribution in [2.24, 2.45) is 5.73 Å². The van der Waals surface area contributed by atoms with Crippen LogP contribution in [0.5, 0.6) is 0 Å². The molecule has 11 heavy (non-hydrogen) atoms. The lowest BCUT2D eigenvalue weighted by molar-refractivity contribution is 0.156. The number of nitrogens with one attached hydrogen (secondary N) is 1. The van der Waals surface area contributed by atoms with Gasteiger partial charge >= 0.3 is 0 Å². The predicted molar refractivity (Wildman–Crippen MR) is 47.2 cm³/mol. The van der Waals surface area contributed by atoms with Gasteiger partial charge in [-0.05, 0) is 32.9 Å². The number of hydrogen-bond acceptors (Lipinski definition) is 3. The Morgan fingerprint density at radius 2 is 1.91 bits per heavy atom. The summed E-state index contributed by atoms with van der Waals surface area (Å²) >= 11 is 0. The van der Waals surface area contributed by atoms with E-state index in [4.69, 9.17) is 10.8 Å². The quantitative estimate of drug-likeness (QED) is 0.374. The number of hydrogen-bond donors (Lipinski definition) is 3. The van der Waals surface area contributed by atoms with E-state index < -0.39 is 0 Å². The van der Waals surface area contributed by atoms with E-state index in [9.17, 15) is 0 Å². The minimum atomic E-state index is -0.371. The van der Waals surface area contributed by atoms with Crippen LogP contribution < -0.4 is 11.1 Å². The van der Waals surface area contributed by atoms with Crippen LogP contribution in [0.3, 0.4) is 0 Å². The highest BCUT2D eigenvalue weighted by atomic mass is 16.3. The molecule has 0 amide bonds. The molecule has 0 radical (unpaired) electrons. The fourth-order valence-electron chi connectivity index (χ4n) is 0.934. The first kappa shape index (κ1) is 10.9. The monoisotopic (exact) mass is 160 g/mol. The topological polar surface area (TPSA) is 58.3 Å². The summed E-state index contributed by atoms with van der Waals surface area (Å²) in [4.78, 5) is 0. The standard InChI is InChI=1S/C8H20N2O/c1-8(11)10-7-5-3-2-4-6-9/h8,10-11H,2-7,9H2,1H3. The zero-order valence-electron chi connectivity index (χ0n) is 7.34. The molecule has 3 heteroatoms. The highest BCUT2D eigenvalue weighted by molar-refractivity contribution is 4.49. The second kappa shape index (κ2) is 7.98. The molecule has 0 aromatic carbocycles. The van der Waals surface area contributed by atoms with Gasteiger partial charge in [0.2, 0.25) is 0 Å². The summed E-state index contributed by atoms with van der Waals surface area (Å²) in [6.45, 7) is 3.44. The molecule has 0 saturated carbocycles. The van der Waals surface area contributed by atoms with Crippen molar-refractivity contribution < 1.29 is 5.11 Å². The summed E-state index contributed by atoms with van der Waals surface area (Å²) in [5.41, 5.74) is 5.34. The summed E-state index contributed by atoms with van der Waals surface area (Å²) < 4.78 is 0. The molecule has 0 aromatic heterocycles. The summed E-state index contributed by atoms with van der Waals surface area (Å²) in [7, 11) is 0. The van der Waals surface area contributed by atoms with Crippen LogP contribution in [0.25, 0.3) is 0 Å². The van der Waals surface area contributed by atoms with Crippen molar-refractivity contribution in [3.8, 4) is 0 Å². The molecule has 1 unspecified atom stereocenters. The van der Waals surface area contributed by atoms with E-state index in [1.54, 1.807) is 6.92 Å². The van der Waals surface area contributed by atoms with Gasteiger partial charge in [-0.15, -0.1) is 0 Å². The normalized spacial score (nSPS) is 13.4. The van der Waals surface area contributed by atoms with E-state index >= 15 is 0 Å². The summed E-state index contributed by atoms with van der Waals surface area (Å²) in [5.74, 6) is 0. The number of aliphatic hydroxyl groups excluding tert-OH is 1. The van der Waals surface area contributed by atoms with E-state index in [1.165, 1.54) is 12.8 Å². The largest absolute Gasteiger partial charge is 0.379 e. The zero-order valence-corrected chi connectivity index (χ0v) is 7.34. The van der Waals surface area contributed by atoms with Crippen LogP contribution in [0.2, 0.25) is 0 Å². The maximum absolute atomic E-state index is 8.82. The maximum atomic E-state index is 8.82. The first-order chi connectivity index (χ1) is 5.27. The maximum Gasteiger partial charge on any atom is 0.102 e. The van der Waals surface area contributed by atoms with Crippen molar-refractivity contribution >= 4 is 0 Å². The Labute approximate surface area is 69.0 Å². The van der Waals surface area contributed by atoms with Crippen molar-refractivity contribution in [3.05, 3.63) is 0 Å². The molecule has 68 valence electrons. The number of aliphatic hydroxyl groups is 1. The second-order valence-electron chi connectivity index (χ2n) is 2.83. The van der Waals surface area contributed by atoms with Crippen LogP contribution in [-0.2, 0) is 0 Å². The lowest BCUT2D eigenvalue weighted by Crippen LogP contribution is -2.26. The summed E-state index contributed by atoms with van der Waals surface area (Å²) in [5, 5.41) is 11.8. The molecule has 0 heterocycles. The Hall–Kier alpha value is -0.120. The van der Waals surface area contributed by atoms with E-state index in [1.807, 2.05) is 0 Å². The first-order valence-corrected chi connectivity index (χ1v) is 4.39. The van der Waals surface area contributed by atoms with Gasteiger partial charge in [0.15, 0.2) is 0 Å². The predicted octanol–water partition coefficient (Wildman–Crippen LogP) is 0.433. The highest BCUT2D eigenvalue weighted by Crippen LogP contribution is 1.96. The molecule has 0 saturated heterocycles. The minimum absolute atomic E-state index is 0.371. The Bertz CT molecular complexity index is 76.5. The molecule has 1 atom stereocenters. The molecule has 0 rings (SSSR count). The van der Waals surface area contributed by atoms with Crippen molar-refractivity contribution in [1.29, 1.82) is 0 Å². The van der Waals surface area contributed by atoms with E-state index in [-0.39, 0.29) is 6.23 Å². The van der Waals surface area contributed by atoms with Crippen molar-refractivity contribution in [2.75, 3.05) is 13.1 Å². The van der Waals surface area contributed by atoms with E-state index in [0.29, 0.717) is 0 Å². The Morgan fingerprint density at radius 1 is 1.27 bits per heavy atom. The Morgan fingerprint density at radius 3 is 2.45 bits per heavy atom.